The molecule has 0 saturated heterocycles. The van der Waals surface area contributed by atoms with Gasteiger partial charge in [0.25, 0.3) is 0 Å². The number of hydrogen-bond acceptors (Lipinski definition) is 2. The van der Waals surface area contributed by atoms with Crippen molar-refractivity contribution in [1.82, 2.24) is 0 Å². The first-order valence-electron chi connectivity index (χ1n) is 5.35. The maximum absolute atomic E-state index is 13.1. The molecule has 0 fully saturated rings. The second kappa shape index (κ2) is 4.78. The van der Waals surface area contributed by atoms with Crippen LogP contribution < -0.4 is 5.73 Å². The Labute approximate surface area is 109 Å². The molecule has 0 atom stereocenters. The number of carbonyl (C=O) groups is 1. The number of anilines is 1. The van der Waals surface area contributed by atoms with Crippen molar-refractivity contribution in [2.24, 2.45) is 0 Å². The van der Waals surface area contributed by atoms with Crippen LogP contribution in [0.3, 0.4) is 0 Å². The van der Waals surface area contributed by atoms with Crippen LogP contribution in [-0.2, 0) is 0 Å². The van der Waals surface area contributed by atoms with E-state index in [4.69, 9.17) is 17.3 Å². The molecule has 0 aliphatic rings. The molecule has 2 rings (SSSR count). The first-order valence-corrected chi connectivity index (χ1v) is 5.72. The monoisotopic (exact) mass is 263 g/mol. The number of carbonyl (C=O) groups excluding carboxylic acids is 1. The summed E-state index contributed by atoms with van der Waals surface area (Å²) in [6.45, 7) is 1.61. The molecule has 2 nitrogen and oxygen atoms in total. The molecule has 0 heterocycles. The SMILES string of the molecule is Cc1cc(C(=O)c2ccc(Cl)c(N)c2)ccc1F. The van der Waals surface area contributed by atoms with E-state index in [9.17, 15) is 9.18 Å². The van der Waals surface area contributed by atoms with Crippen LogP contribution in [0.2, 0.25) is 5.02 Å². The summed E-state index contributed by atoms with van der Waals surface area (Å²) in [5.41, 5.74) is 7.29. The Morgan fingerprint density at radius 1 is 1.17 bits per heavy atom. The summed E-state index contributed by atoms with van der Waals surface area (Å²) in [7, 11) is 0. The van der Waals surface area contributed by atoms with Crippen LogP contribution in [0.1, 0.15) is 21.5 Å². The summed E-state index contributed by atoms with van der Waals surface area (Å²) in [6, 6.07) is 8.93. The van der Waals surface area contributed by atoms with Crippen molar-refractivity contribution in [2.45, 2.75) is 6.92 Å². The Balaban J connectivity index is 2.41. The van der Waals surface area contributed by atoms with E-state index in [-0.39, 0.29) is 11.6 Å². The van der Waals surface area contributed by atoms with Crippen LogP contribution in [0.25, 0.3) is 0 Å². The molecule has 2 aromatic carbocycles. The van der Waals surface area contributed by atoms with Gasteiger partial charge in [0.2, 0.25) is 0 Å². The molecular formula is C14H11ClFNO. The van der Waals surface area contributed by atoms with E-state index >= 15 is 0 Å². The summed E-state index contributed by atoms with van der Waals surface area (Å²) in [5, 5.41) is 0.404. The van der Waals surface area contributed by atoms with Gasteiger partial charge in [-0.15, -0.1) is 0 Å². The molecule has 0 aliphatic heterocycles. The number of benzene rings is 2. The van der Waals surface area contributed by atoms with Crippen molar-refractivity contribution in [2.75, 3.05) is 5.73 Å². The zero-order valence-electron chi connectivity index (χ0n) is 9.71. The number of aryl methyl sites for hydroxylation is 1. The first-order chi connectivity index (χ1) is 8.49. The van der Waals surface area contributed by atoms with Crippen molar-refractivity contribution in [1.29, 1.82) is 0 Å². The van der Waals surface area contributed by atoms with Gasteiger partial charge in [-0.05, 0) is 48.9 Å². The normalized spacial score (nSPS) is 10.4. The largest absolute Gasteiger partial charge is 0.398 e. The van der Waals surface area contributed by atoms with Crippen LogP contribution in [0.15, 0.2) is 36.4 Å². The van der Waals surface area contributed by atoms with E-state index in [1.165, 1.54) is 24.3 Å². The van der Waals surface area contributed by atoms with Gasteiger partial charge in [-0.2, -0.15) is 0 Å². The molecule has 92 valence electrons. The highest BCUT2D eigenvalue weighted by Crippen LogP contribution is 2.21. The average molecular weight is 264 g/mol. The summed E-state index contributed by atoms with van der Waals surface area (Å²) in [5.74, 6) is -0.538. The molecule has 0 aliphatic carbocycles. The number of hydrogen-bond donors (Lipinski definition) is 1. The van der Waals surface area contributed by atoms with E-state index in [1.807, 2.05) is 0 Å². The highest BCUT2D eigenvalue weighted by molar-refractivity contribution is 6.33. The third-order valence-electron chi connectivity index (χ3n) is 2.68. The number of ketones is 1. The molecule has 0 spiro atoms. The fourth-order valence-electron chi connectivity index (χ4n) is 1.64. The van der Waals surface area contributed by atoms with Gasteiger partial charge >= 0.3 is 0 Å². The molecule has 0 aromatic heterocycles. The van der Waals surface area contributed by atoms with E-state index in [0.717, 1.165) is 0 Å². The van der Waals surface area contributed by atoms with Crippen molar-refractivity contribution in [3.8, 4) is 0 Å². The van der Waals surface area contributed by atoms with Crippen LogP contribution in [-0.4, -0.2) is 5.78 Å². The van der Waals surface area contributed by atoms with E-state index < -0.39 is 0 Å². The quantitative estimate of drug-likeness (QED) is 0.664. The standard InChI is InChI=1S/C14H11ClFNO/c1-8-6-9(3-5-12(8)16)14(18)10-2-4-11(15)13(17)7-10/h2-7H,17H2,1H3. The lowest BCUT2D eigenvalue weighted by Gasteiger charge is -2.05. The Morgan fingerprint density at radius 2 is 1.78 bits per heavy atom. The second-order valence-corrected chi connectivity index (χ2v) is 4.44. The summed E-state index contributed by atoms with van der Waals surface area (Å²) in [4.78, 5) is 12.2. The van der Waals surface area contributed by atoms with Gasteiger partial charge in [-0.1, -0.05) is 11.6 Å². The fourth-order valence-corrected chi connectivity index (χ4v) is 1.76. The predicted octanol–water partition coefficient (Wildman–Crippen LogP) is 3.60. The maximum atomic E-state index is 13.1. The van der Waals surface area contributed by atoms with Crippen LogP contribution in [0.4, 0.5) is 10.1 Å². The molecule has 4 heteroatoms. The highest BCUT2D eigenvalue weighted by Gasteiger charge is 2.11. The number of halogens is 2. The molecule has 18 heavy (non-hydrogen) atoms. The number of nitrogen functional groups attached to an aromatic ring is 1. The summed E-state index contributed by atoms with van der Waals surface area (Å²) in [6.07, 6.45) is 0. The summed E-state index contributed by atoms with van der Waals surface area (Å²) < 4.78 is 13.1. The van der Waals surface area contributed by atoms with Crippen molar-refractivity contribution < 1.29 is 9.18 Å². The van der Waals surface area contributed by atoms with E-state index in [2.05, 4.69) is 0 Å². The van der Waals surface area contributed by atoms with Crippen molar-refractivity contribution in [3.05, 3.63) is 63.9 Å². The van der Waals surface area contributed by atoms with Crippen LogP contribution in [0, 0.1) is 12.7 Å². The Bertz CT molecular complexity index is 572. The Hall–Kier alpha value is -1.87. The van der Waals surface area contributed by atoms with Crippen molar-refractivity contribution >= 4 is 23.1 Å². The van der Waals surface area contributed by atoms with E-state index in [1.54, 1.807) is 19.1 Å². The Kier molecular flexibility index (Phi) is 3.34. The van der Waals surface area contributed by atoms with Gasteiger partial charge in [-0.25, -0.2) is 4.39 Å². The van der Waals surface area contributed by atoms with Crippen molar-refractivity contribution in [3.63, 3.8) is 0 Å². The Morgan fingerprint density at radius 3 is 2.39 bits per heavy atom. The van der Waals surface area contributed by atoms with Gasteiger partial charge in [0.15, 0.2) is 5.78 Å². The lowest BCUT2D eigenvalue weighted by Crippen LogP contribution is -2.03. The minimum atomic E-state index is -0.331. The van der Waals surface area contributed by atoms with Gasteiger partial charge in [0, 0.05) is 11.1 Å². The lowest BCUT2D eigenvalue weighted by molar-refractivity contribution is 0.103. The minimum absolute atomic E-state index is 0.207. The zero-order chi connectivity index (χ0) is 13.3. The highest BCUT2D eigenvalue weighted by atomic mass is 35.5. The molecule has 0 unspecified atom stereocenters. The number of rotatable bonds is 2. The average Bonchev–Trinajstić information content (AvgIpc) is 2.35. The molecular weight excluding hydrogens is 253 g/mol. The minimum Gasteiger partial charge on any atom is -0.398 e. The van der Waals surface area contributed by atoms with E-state index in [0.29, 0.717) is 27.4 Å². The zero-order valence-corrected chi connectivity index (χ0v) is 10.5. The predicted molar refractivity (Wildman–Crippen MR) is 70.4 cm³/mol. The van der Waals surface area contributed by atoms with Gasteiger partial charge in [0.05, 0.1) is 10.7 Å². The lowest BCUT2D eigenvalue weighted by atomic mass is 10.0. The van der Waals surface area contributed by atoms with Gasteiger partial charge in [-0.3, -0.25) is 4.79 Å². The smallest absolute Gasteiger partial charge is 0.193 e. The van der Waals surface area contributed by atoms with Gasteiger partial charge < -0.3 is 5.73 Å². The molecule has 0 amide bonds. The first kappa shape index (κ1) is 12.6. The van der Waals surface area contributed by atoms with Gasteiger partial charge in [0.1, 0.15) is 5.82 Å². The van der Waals surface area contributed by atoms with Crippen LogP contribution >= 0.6 is 11.6 Å². The maximum Gasteiger partial charge on any atom is 0.193 e. The molecule has 0 bridgehead atoms. The topological polar surface area (TPSA) is 43.1 Å². The number of nitrogens with two attached hydrogens (primary N) is 1. The fraction of sp³-hybridized carbons (Fsp3) is 0.0714. The van der Waals surface area contributed by atoms with Crippen LogP contribution in [0.5, 0.6) is 0 Å². The second-order valence-electron chi connectivity index (χ2n) is 4.03. The molecule has 0 saturated carbocycles. The molecule has 2 aromatic rings. The molecule has 2 N–H and O–H groups in total. The third kappa shape index (κ3) is 2.36. The third-order valence-corrected chi connectivity index (χ3v) is 3.02. The summed E-state index contributed by atoms with van der Waals surface area (Å²) >= 11 is 5.79. The molecule has 0 radical (unpaired) electrons.